The van der Waals surface area contributed by atoms with Crippen molar-refractivity contribution in [3.05, 3.63) is 57.7 Å². The number of carbonyl (C=O) groups is 3. The maximum atomic E-state index is 12.7. The fraction of sp³-hybridized carbons (Fsp3) is 0.211. The standard InChI is InChI=1S/C19H17Cl2NO4/c1-4-26-19(25)16-8-14-7-13(17(23)11(2)9-20)5-6-15(14)22(16)18(24)12(3)10-21/h5-10H,4H2,1-3H3. The Balaban J connectivity index is 2.70. The first kappa shape index (κ1) is 19.9. The lowest BCUT2D eigenvalue weighted by atomic mass is 10.0. The van der Waals surface area contributed by atoms with Crippen LogP contribution in [0.25, 0.3) is 10.9 Å². The Morgan fingerprint density at radius 2 is 1.73 bits per heavy atom. The summed E-state index contributed by atoms with van der Waals surface area (Å²) in [5, 5.41) is 0.553. The molecule has 0 unspecified atom stereocenters. The Kier molecular flexibility index (Phi) is 6.40. The number of ether oxygens (including phenoxy) is 1. The summed E-state index contributed by atoms with van der Waals surface area (Å²) in [4.78, 5) is 37.2. The van der Waals surface area contributed by atoms with E-state index in [-0.39, 0.29) is 23.7 Å². The number of fused-ring (bicyclic) bond motifs is 1. The molecule has 0 aliphatic heterocycles. The normalized spacial score (nSPS) is 12.3. The van der Waals surface area contributed by atoms with Gasteiger partial charge in [0.25, 0.3) is 5.91 Å². The van der Waals surface area contributed by atoms with E-state index in [1.807, 2.05) is 0 Å². The zero-order chi connectivity index (χ0) is 19.4. The average molecular weight is 394 g/mol. The molecule has 0 atom stereocenters. The van der Waals surface area contributed by atoms with Gasteiger partial charge < -0.3 is 4.74 Å². The van der Waals surface area contributed by atoms with Gasteiger partial charge in [-0.1, -0.05) is 23.2 Å². The van der Waals surface area contributed by atoms with Gasteiger partial charge in [-0.3, -0.25) is 14.2 Å². The Morgan fingerprint density at radius 1 is 1.08 bits per heavy atom. The molecule has 0 N–H and O–H groups in total. The highest BCUT2D eigenvalue weighted by Gasteiger charge is 2.23. The molecule has 0 radical (unpaired) electrons. The summed E-state index contributed by atoms with van der Waals surface area (Å²) in [5.74, 6) is -1.33. The quantitative estimate of drug-likeness (QED) is 0.410. The highest BCUT2D eigenvalue weighted by atomic mass is 35.5. The van der Waals surface area contributed by atoms with Gasteiger partial charge in [0.15, 0.2) is 5.78 Å². The van der Waals surface area contributed by atoms with E-state index in [2.05, 4.69) is 0 Å². The molecular weight excluding hydrogens is 377 g/mol. The first-order chi connectivity index (χ1) is 12.3. The summed E-state index contributed by atoms with van der Waals surface area (Å²) in [6.45, 7) is 4.99. The second kappa shape index (κ2) is 8.34. The molecule has 0 aliphatic rings. The van der Waals surface area contributed by atoms with Crippen molar-refractivity contribution < 1.29 is 19.1 Å². The summed E-state index contributed by atoms with van der Waals surface area (Å²) >= 11 is 11.3. The van der Waals surface area contributed by atoms with Gasteiger partial charge in [-0.2, -0.15) is 0 Å². The fourth-order valence-electron chi connectivity index (χ4n) is 2.43. The zero-order valence-electron chi connectivity index (χ0n) is 14.5. The van der Waals surface area contributed by atoms with Gasteiger partial charge in [0.05, 0.1) is 12.1 Å². The lowest BCUT2D eigenvalue weighted by molar-refractivity contribution is 0.0510. The number of esters is 1. The van der Waals surface area contributed by atoms with Gasteiger partial charge in [-0.05, 0) is 45.0 Å². The number of Topliss-reactive ketones (excluding diaryl/α,β-unsaturated/α-hetero) is 1. The van der Waals surface area contributed by atoms with Crippen LogP contribution in [0, 0.1) is 0 Å². The number of halogens is 2. The molecule has 26 heavy (non-hydrogen) atoms. The van der Waals surface area contributed by atoms with Crippen LogP contribution in [-0.2, 0) is 4.74 Å². The lowest BCUT2D eigenvalue weighted by Crippen LogP contribution is -2.19. The molecule has 2 rings (SSSR count). The first-order valence-electron chi connectivity index (χ1n) is 7.81. The predicted octanol–water partition coefficient (Wildman–Crippen LogP) is 4.93. The van der Waals surface area contributed by atoms with Crippen LogP contribution in [0.1, 0.15) is 46.4 Å². The molecule has 0 saturated carbocycles. The summed E-state index contributed by atoms with van der Waals surface area (Å²) in [6.07, 6.45) is 0. The maximum absolute atomic E-state index is 12.7. The molecule has 1 aromatic carbocycles. The van der Waals surface area contributed by atoms with E-state index in [9.17, 15) is 14.4 Å². The van der Waals surface area contributed by atoms with Crippen molar-refractivity contribution in [2.45, 2.75) is 20.8 Å². The van der Waals surface area contributed by atoms with Crippen molar-refractivity contribution in [3.63, 3.8) is 0 Å². The molecule has 2 aromatic rings. The van der Waals surface area contributed by atoms with Crippen LogP contribution in [0.4, 0.5) is 0 Å². The first-order valence-corrected chi connectivity index (χ1v) is 8.69. The van der Waals surface area contributed by atoms with E-state index < -0.39 is 11.9 Å². The lowest BCUT2D eigenvalue weighted by Gasteiger charge is -2.09. The van der Waals surface area contributed by atoms with Crippen LogP contribution < -0.4 is 0 Å². The molecular formula is C19H17Cl2NO4. The van der Waals surface area contributed by atoms with Crippen molar-refractivity contribution in [1.82, 2.24) is 4.57 Å². The van der Waals surface area contributed by atoms with Crippen LogP contribution >= 0.6 is 23.2 Å². The molecule has 7 heteroatoms. The Hall–Kier alpha value is -2.37. The van der Waals surface area contributed by atoms with Gasteiger partial charge in [0.2, 0.25) is 0 Å². The maximum Gasteiger partial charge on any atom is 0.355 e. The van der Waals surface area contributed by atoms with E-state index in [0.717, 1.165) is 5.54 Å². The average Bonchev–Trinajstić information content (AvgIpc) is 3.04. The highest BCUT2D eigenvalue weighted by Crippen LogP contribution is 2.25. The van der Waals surface area contributed by atoms with Gasteiger partial charge >= 0.3 is 5.97 Å². The van der Waals surface area contributed by atoms with Crippen molar-refractivity contribution in [2.75, 3.05) is 6.61 Å². The second-order valence-electron chi connectivity index (χ2n) is 5.58. The van der Waals surface area contributed by atoms with Crippen LogP contribution in [0.2, 0.25) is 0 Å². The van der Waals surface area contributed by atoms with Crippen LogP contribution in [0.3, 0.4) is 0 Å². The van der Waals surface area contributed by atoms with Gasteiger partial charge in [0, 0.05) is 33.2 Å². The fourth-order valence-corrected chi connectivity index (χ4v) is 2.62. The molecule has 1 heterocycles. The Bertz CT molecular complexity index is 954. The van der Waals surface area contributed by atoms with E-state index in [4.69, 9.17) is 27.9 Å². The molecule has 0 spiro atoms. The van der Waals surface area contributed by atoms with Crippen molar-refractivity contribution in [2.24, 2.45) is 0 Å². The molecule has 0 fully saturated rings. The van der Waals surface area contributed by atoms with Gasteiger partial charge in [-0.15, -0.1) is 0 Å². The second-order valence-corrected chi connectivity index (χ2v) is 6.01. The van der Waals surface area contributed by atoms with Crippen molar-refractivity contribution in [1.29, 1.82) is 0 Å². The number of ketones is 1. The van der Waals surface area contributed by atoms with Gasteiger partial charge in [0.1, 0.15) is 5.69 Å². The van der Waals surface area contributed by atoms with Gasteiger partial charge in [-0.25, -0.2) is 4.79 Å². The van der Waals surface area contributed by atoms with E-state index in [1.165, 1.54) is 16.2 Å². The number of benzene rings is 1. The van der Waals surface area contributed by atoms with E-state index in [0.29, 0.717) is 22.0 Å². The largest absolute Gasteiger partial charge is 0.461 e. The minimum Gasteiger partial charge on any atom is -0.461 e. The summed E-state index contributed by atoms with van der Waals surface area (Å²) in [6, 6.07) is 6.30. The SMILES string of the molecule is CCOC(=O)c1cc2cc(C(=O)C(C)=CCl)ccc2n1C(=O)C(C)=CCl. The zero-order valence-corrected chi connectivity index (χ0v) is 16.0. The van der Waals surface area contributed by atoms with Crippen molar-refractivity contribution in [3.8, 4) is 0 Å². The van der Waals surface area contributed by atoms with Crippen LogP contribution in [0.5, 0.6) is 0 Å². The number of aromatic nitrogens is 1. The predicted molar refractivity (Wildman–Crippen MR) is 102 cm³/mol. The van der Waals surface area contributed by atoms with E-state index in [1.54, 1.807) is 39.0 Å². The number of nitrogens with zero attached hydrogens (tertiary/aromatic N) is 1. The third kappa shape index (κ3) is 3.74. The Morgan fingerprint density at radius 3 is 2.31 bits per heavy atom. The molecule has 0 aliphatic carbocycles. The third-order valence-electron chi connectivity index (χ3n) is 3.77. The molecule has 136 valence electrons. The number of hydrogen-bond donors (Lipinski definition) is 0. The third-order valence-corrected chi connectivity index (χ3v) is 4.43. The van der Waals surface area contributed by atoms with Crippen molar-refractivity contribution >= 4 is 51.8 Å². The molecule has 5 nitrogen and oxygen atoms in total. The number of carbonyl (C=O) groups excluding carboxylic acids is 3. The number of rotatable bonds is 5. The van der Waals surface area contributed by atoms with E-state index >= 15 is 0 Å². The Labute approximate surface area is 160 Å². The van der Waals surface area contributed by atoms with Crippen LogP contribution in [0.15, 0.2) is 46.5 Å². The summed E-state index contributed by atoms with van der Waals surface area (Å²) < 4.78 is 6.27. The number of hydrogen-bond acceptors (Lipinski definition) is 4. The highest BCUT2D eigenvalue weighted by molar-refractivity contribution is 6.29. The minimum absolute atomic E-state index is 0.0684. The molecule has 0 saturated heterocycles. The molecule has 0 amide bonds. The number of allylic oxidation sites excluding steroid dienone is 2. The topological polar surface area (TPSA) is 65.4 Å². The minimum atomic E-state index is -0.635. The molecule has 0 bridgehead atoms. The molecule has 1 aromatic heterocycles. The van der Waals surface area contributed by atoms with Crippen LogP contribution in [-0.4, -0.2) is 28.8 Å². The summed E-state index contributed by atoms with van der Waals surface area (Å²) in [7, 11) is 0. The monoisotopic (exact) mass is 393 g/mol. The smallest absolute Gasteiger partial charge is 0.355 e. The summed E-state index contributed by atoms with van der Waals surface area (Å²) in [5.41, 5.74) is 3.94.